The molecule has 1 atom stereocenters. The van der Waals surface area contributed by atoms with Gasteiger partial charge in [-0.25, -0.2) is 0 Å². The minimum atomic E-state index is -0.451. The van der Waals surface area contributed by atoms with E-state index in [9.17, 15) is 9.59 Å². The molecule has 130 valence electrons. The van der Waals surface area contributed by atoms with Gasteiger partial charge in [-0.3, -0.25) is 9.59 Å². The normalized spacial score (nSPS) is 17.0. The van der Waals surface area contributed by atoms with E-state index < -0.39 is 11.8 Å². The second-order valence-electron chi connectivity index (χ2n) is 5.79. The van der Waals surface area contributed by atoms with Crippen molar-refractivity contribution in [3.05, 3.63) is 58.1 Å². The predicted octanol–water partition coefficient (Wildman–Crippen LogP) is 3.41. The summed E-state index contributed by atoms with van der Waals surface area (Å²) in [6, 6.07) is 12.3. The van der Waals surface area contributed by atoms with Crippen molar-refractivity contribution in [3.63, 3.8) is 0 Å². The molecule has 0 aliphatic carbocycles. The number of nitrogens with zero attached hydrogens (tertiary/aromatic N) is 1. The van der Waals surface area contributed by atoms with Gasteiger partial charge < -0.3 is 15.4 Å². The van der Waals surface area contributed by atoms with Gasteiger partial charge in [0, 0.05) is 34.3 Å². The fourth-order valence-corrected chi connectivity index (χ4v) is 3.20. The van der Waals surface area contributed by atoms with Crippen molar-refractivity contribution in [2.24, 2.45) is 11.7 Å². The zero-order valence-electron chi connectivity index (χ0n) is 13.2. The first-order valence-corrected chi connectivity index (χ1v) is 8.46. The SMILES string of the molecule is NC(=O)[C@@H]1CC(=O)N(c2ccc(OCc3c(Cl)cccc3Cl)cc2)C1. The van der Waals surface area contributed by atoms with E-state index in [1.54, 1.807) is 47.4 Å². The summed E-state index contributed by atoms with van der Waals surface area (Å²) in [4.78, 5) is 24.8. The van der Waals surface area contributed by atoms with Crippen LogP contribution in [0.5, 0.6) is 5.75 Å². The van der Waals surface area contributed by atoms with Gasteiger partial charge in [-0.2, -0.15) is 0 Å². The molecule has 2 amide bonds. The van der Waals surface area contributed by atoms with Gasteiger partial charge in [-0.05, 0) is 36.4 Å². The van der Waals surface area contributed by atoms with Crippen LogP contribution in [-0.2, 0) is 16.2 Å². The van der Waals surface area contributed by atoms with Gasteiger partial charge in [0.05, 0.1) is 5.92 Å². The van der Waals surface area contributed by atoms with Gasteiger partial charge in [0.2, 0.25) is 11.8 Å². The van der Waals surface area contributed by atoms with Crippen LogP contribution in [0.2, 0.25) is 10.0 Å². The van der Waals surface area contributed by atoms with E-state index in [0.29, 0.717) is 33.6 Å². The first-order valence-electron chi connectivity index (χ1n) is 7.71. The first kappa shape index (κ1) is 17.6. The molecule has 5 nitrogen and oxygen atoms in total. The summed E-state index contributed by atoms with van der Waals surface area (Å²) in [5.74, 6) is -0.378. The molecule has 0 spiro atoms. The molecule has 1 saturated heterocycles. The highest BCUT2D eigenvalue weighted by molar-refractivity contribution is 6.35. The highest BCUT2D eigenvalue weighted by Gasteiger charge is 2.33. The lowest BCUT2D eigenvalue weighted by atomic mass is 10.1. The van der Waals surface area contributed by atoms with E-state index >= 15 is 0 Å². The number of hydrogen-bond donors (Lipinski definition) is 1. The van der Waals surface area contributed by atoms with Crippen LogP contribution < -0.4 is 15.4 Å². The standard InChI is InChI=1S/C18H16Cl2N2O3/c19-15-2-1-3-16(20)14(15)10-25-13-6-4-12(5-7-13)22-9-11(18(21)24)8-17(22)23/h1-7,11H,8-10H2,(H2,21,24)/t11-/m1/s1. The van der Waals surface area contributed by atoms with Crippen molar-refractivity contribution in [1.82, 2.24) is 0 Å². The molecule has 2 N–H and O–H groups in total. The number of benzene rings is 2. The third-order valence-corrected chi connectivity index (χ3v) is 4.83. The average Bonchev–Trinajstić information content (AvgIpc) is 2.97. The minimum Gasteiger partial charge on any atom is -0.489 e. The zero-order valence-corrected chi connectivity index (χ0v) is 14.8. The van der Waals surface area contributed by atoms with E-state index in [1.165, 1.54) is 0 Å². The van der Waals surface area contributed by atoms with Crippen molar-refractivity contribution in [1.29, 1.82) is 0 Å². The van der Waals surface area contributed by atoms with Gasteiger partial charge in [0.15, 0.2) is 0 Å². The van der Waals surface area contributed by atoms with Crippen molar-refractivity contribution in [2.75, 3.05) is 11.4 Å². The molecule has 25 heavy (non-hydrogen) atoms. The number of anilines is 1. The number of ether oxygens (including phenoxy) is 1. The fraction of sp³-hybridized carbons (Fsp3) is 0.222. The Hall–Kier alpha value is -2.24. The van der Waals surface area contributed by atoms with E-state index in [0.717, 1.165) is 0 Å². The number of amides is 2. The molecule has 1 heterocycles. The maximum atomic E-state index is 12.0. The second kappa shape index (κ2) is 7.33. The van der Waals surface area contributed by atoms with Crippen LogP contribution >= 0.6 is 23.2 Å². The summed E-state index contributed by atoms with van der Waals surface area (Å²) in [5, 5.41) is 1.09. The summed E-state index contributed by atoms with van der Waals surface area (Å²) in [6.45, 7) is 0.549. The lowest BCUT2D eigenvalue weighted by molar-refractivity contribution is -0.123. The number of primary amides is 1. The zero-order chi connectivity index (χ0) is 18.0. The molecule has 0 radical (unpaired) electrons. The predicted molar refractivity (Wildman–Crippen MR) is 96.9 cm³/mol. The molecule has 1 aliphatic heterocycles. The van der Waals surface area contributed by atoms with Crippen molar-refractivity contribution < 1.29 is 14.3 Å². The van der Waals surface area contributed by atoms with E-state index in [4.69, 9.17) is 33.7 Å². The Balaban J connectivity index is 1.67. The quantitative estimate of drug-likeness (QED) is 0.866. The topological polar surface area (TPSA) is 72.6 Å². The number of halogens is 2. The summed E-state index contributed by atoms with van der Waals surface area (Å²) in [6.07, 6.45) is 0.151. The molecule has 2 aromatic carbocycles. The smallest absolute Gasteiger partial charge is 0.227 e. The molecule has 0 bridgehead atoms. The molecule has 3 rings (SSSR count). The van der Waals surface area contributed by atoms with E-state index in [-0.39, 0.29) is 18.9 Å². The Morgan fingerprint density at radius 2 is 1.80 bits per heavy atom. The lowest BCUT2D eigenvalue weighted by Crippen LogP contribution is -2.28. The van der Waals surface area contributed by atoms with Crippen LogP contribution in [0.1, 0.15) is 12.0 Å². The Morgan fingerprint density at radius 1 is 1.16 bits per heavy atom. The largest absolute Gasteiger partial charge is 0.489 e. The Morgan fingerprint density at radius 3 is 2.36 bits per heavy atom. The molecular formula is C18H16Cl2N2O3. The molecular weight excluding hydrogens is 363 g/mol. The highest BCUT2D eigenvalue weighted by Crippen LogP contribution is 2.28. The third-order valence-electron chi connectivity index (χ3n) is 4.12. The number of nitrogens with two attached hydrogens (primary N) is 1. The van der Waals surface area contributed by atoms with Crippen LogP contribution in [0.25, 0.3) is 0 Å². The van der Waals surface area contributed by atoms with E-state index in [2.05, 4.69) is 0 Å². The number of carbonyl (C=O) groups is 2. The van der Waals surface area contributed by atoms with E-state index in [1.807, 2.05) is 0 Å². The third kappa shape index (κ3) is 3.89. The number of rotatable bonds is 5. The number of carbonyl (C=O) groups excluding carboxylic acids is 2. The van der Waals surface area contributed by atoms with Crippen molar-refractivity contribution in [2.45, 2.75) is 13.0 Å². The van der Waals surface area contributed by atoms with Crippen LogP contribution in [0, 0.1) is 5.92 Å². The van der Waals surface area contributed by atoms with Crippen LogP contribution in [0.3, 0.4) is 0 Å². The van der Waals surface area contributed by atoms with Gasteiger partial charge in [0.25, 0.3) is 0 Å². The molecule has 0 unspecified atom stereocenters. The maximum absolute atomic E-state index is 12.0. The average molecular weight is 379 g/mol. The van der Waals surface area contributed by atoms with Crippen LogP contribution in [-0.4, -0.2) is 18.4 Å². The van der Waals surface area contributed by atoms with Gasteiger partial charge in [-0.15, -0.1) is 0 Å². The minimum absolute atomic E-state index is 0.111. The summed E-state index contributed by atoms with van der Waals surface area (Å²) < 4.78 is 5.71. The first-order chi connectivity index (χ1) is 12.0. The monoisotopic (exact) mass is 378 g/mol. The lowest BCUT2D eigenvalue weighted by Gasteiger charge is -2.17. The fourth-order valence-electron chi connectivity index (χ4n) is 2.70. The second-order valence-corrected chi connectivity index (χ2v) is 6.60. The van der Waals surface area contributed by atoms with Crippen LogP contribution in [0.4, 0.5) is 5.69 Å². The summed E-state index contributed by atoms with van der Waals surface area (Å²) in [7, 11) is 0. The van der Waals surface area contributed by atoms with Gasteiger partial charge >= 0.3 is 0 Å². The summed E-state index contributed by atoms with van der Waals surface area (Å²) >= 11 is 12.2. The Labute approximate surface area is 155 Å². The van der Waals surface area contributed by atoms with Crippen molar-refractivity contribution in [3.8, 4) is 5.75 Å². The molecule has 1 aliphatic rings. The molecule has 0 aromatic heterocycles. The Kier molecular flexibility index (Phi) is 5.16. The Bertz CT molecular complexity index is 788. The van der Waals surface area contributed by atoms with Crippen molar-refractivity contribution >= 4 is 40.7 Å². The highest BCUT2D eigenvalue weighted by atomic mass is 35.5. The van der Waals surface area contributed by atoms with Crippen LogP contribution in [0.15, 0.2) is 42.5 Å². The molecule has 0 saturated carbocycles. The molecule has 2 aromatic rings. The van der Waals surface area contributed by atoms with Gasteiger partial charge in [0.1, 0.15) is 12.4 Å². The molecule has 1 fully saturated rings. The van der Waals surface area contributed by atoms with Gasteiger partial charge in [-0.1, -0.05) is 29.3 Å². The molecule has 7 heteroatoms. The summed E-state index contributed by atoms with van der Waals surface area (Å²) in [5.41, 5.74) is 6.71. The number of hydrogen-bond acceptors (Lipinski definition) is 3. The maximum Gasteiger partial charge on any atom is 0.227 e.